The van der Waals surface area contributed by atoms with Crippen molar-refractivity contribution in [1.29, 1.82) is 0 Å². The molecular weight excluding hydrogens is 398 g/mol. The van der Waals surface area contributed by atoms with Gasteiger partial charge in [-0.25, -0.2) is 0 Å². The molecular formula is C25H25ClP2. The molecule has 3 heteroatoms. The van der Waals surface area contributed by atoms with Gasteiger partial charge in [0.05, 0.1) is 6.16 Å². The lowest BCUT2D eigenvalue weighted by Crippen LogP contribution is -3.00. The van der Waals surface area contributed by atoms with Crippen LogP contribution in [0.15, 0.2) is 121 Å². The molecule has 0 radical (unpaired) electrons. The number of halogens is 1. The summed E-state index contributed by atoms with van der Waals surface area (Å²) in [6.07, 6.45) is 1.03. The standard InChI is InChI=1S/C25H22P.ClH.H3P/c1-5-13-22(14-6-1)21-26(23-15-7-2-8-16-23,24-17-9-3-10-18-24)25-19-11-4-12-20-25;;/h1-20H,21H2;1H;1H3/q+1;;/p-1. The molecule has 0 aliphatic rings. The average molecular weight is 423 g/mol. The molecule has 0 aromatic heterocycles. The first-order chi connectivity index (χ1) is 12.9. The fourth-order valence-electron chi connectivity index (χ4n) is 3.63. The van der Waals surface area contributed by atoms with E-state index < -0.39 is 7.26 Å². The van der Waals surface area contributed by atoms with Crippen LogP contribution in [0.25, 0.3) is 0 Å². The van der Waals surface area contributed by atoms with Crippen molar-refractivity contribution in [2.24, 2.45) is 0 Å². The number of hydrogen-bond acceptors (Lipinski definition) is 0. The lowest BCUT2D eigenvalue weighted by Gasteiger charge is -2.27. The minimum atomic E-state index is -1.78. The molecule has 0 saturated heterocycles. The van der Waals surface area contributed by atoms with Gasteiger partial charge in [0, 0.05) is 0 Å². The van der Waals surface area contributed by atoms with Gasteiger partial charge in [0.15, 0.2) is 0 Å². The van der Waals surface area contributed by atoms with E-state index in [0.717, 1.165) is 6.16 Å². The van der Waals surface area contributed by atoms with E-state index in [4.69, 9.17) is 0 Å². The number of rotatable bonds is 5. The molecule has 0 amide bonds. The highest BCUT2D eigenvalue weighted by Crippen LogP contribution is 2.58. The van der Waals surface area contributed by atoms with Crippen LogP contribution in [0.4, 0.5) is 0 Å². The minimum absolute atomic E-state index is 0. The van der Waals surface area contributed by atoms with E-state index in [0.29, 0.717) is 0 Å². The highest BCUT2D eigenvalue weighted by atomic mass is 35.5. The topological polar surface area (TPSA) is 0 Å². The quantitative estimate of drug-likeness (QED) is 0.433. The second kappa shape index (κ2) is 10.5. The normalized spacial score (nSPS) is 10.4. The predicted octanol–water partition coefficient (Wildman–Crippen LogP) is 2.24. The molecule has 0 aliphatic carbocycles. The van der Waals surface area contributed by atoms with Gasteiger partial charge in [0.1, 0.15) is 23.2 Å². The molecule has 0 aliphatic heterocycles. The van der Waals surface area contributed by atoms with Crippen LogP contribution in [-0.4, -0.2) is 0 Å². The van der Waals surface area contributed by atoms with Crippen molar-refractivity contribution in [3.05, 3.63) is 127 Å². The van der Waals surface area contributed by atoms with Crippen LogP contribution in [0.2, 0.25) is 0 Å². The highest BCUT2D eigenvalue weighted by molar-refractivity contribution is 7.95. The Morgan fingerprint density at radius 3 is 1.04 bits per heavy atom. The van der Waals surface area contributed by atoms with Crippen molar-refractivity contribution >= 4 is 33.1 Å². The lowest BCUT2D eigenvalue weighted by atomic mass is 10.2. The predicted molar refractivity (Wildman–Crippen MR) is 126 cm³/mol. The van der Waals surface area contributed by atoms with Gasteiger partial charge in [-0.2, -0.15) is 9.90 Å². The van der Waals surface area contributed by atoms with Gasteiger partial charge in [0.25, 0.3) is 0 Å². The number of benzene rings is 4. The van der Waals surface area contributed by atoms with Gasteiger partial charge in [0.2, 0.25) is 0 Å². The van der Waals surface area contributed by atoms with Crippen LogP contribution in [0, 0.1) is 0 Å². The first-order valence-electron chi connectivity index (χ1n) is 8.98. The highest BCUT2D eigenvalue weighted by Gasteiger charge is 2.45. The Bertz CT molecular complexity index is 846. The summed E-state index contributed by atoms with van der Waals surface area (Å²) in [5.74, 6) is 0. The fraction of sp³-hybridized carbons (Fsp3) is 0.0400. The zero-order chi connectivity index (χ0) is 17.7. The summed E-state index contributed by atoms with van der Waals surface area (Å²) in [5, 5.41) is 4.30. The summed E-state index contributed by atoms with van der Waals surface area (Å²) < 4.78 is 0. The Balaban J connectivity index is 0.00000140. The Hall–Kier alpha value is -1.97. The van der Waals surface area contributed by atoms with E-state index in [1.807, 2.05) is 0 Å². The molecule has 28 heavy (non-hydrogen) atoms. The summed E-state index contributed by atoms with van der Waals surface area (Å²) in [6, 6.07) is 44.0. The van der Waals surface area contributed by atoms with Gasteiger partial charge >= 0.3 is 0 Å². The van der Waals surface area contributed by atoms with E-state index >= 15 is 0 Å². The van der Waals surface area contributed by atoms with Crippen molar-refractivity contribution in [2.75, 3.05) is 0 Å². The van der Waals surface area contributed by atoms with Gasteiger partial charge in [-0.15, -0.1) is 0 Å². The van der Waals surface area contributed by atoms with E-state index in [9.17, 15) is 0 Å². The molecule has 4 aromatic rings. The lowest BCUT2D eigenvalue weighted by molar-refractivity contribution is -0.00000517. The molecule has 0 spiro atoms. The van der Waals surface area contributed by atoms with E-state index in [-0.39, 0.29) is 22.3 Å². The van der Waals surface area contributed by atoms with Gasteiger partial charge in [-0.3, -0.25) is 0 Å². The molecule has 0 bridgehead atoms. The molecule has 0 saturated carbocycles. The zero-order valence-corrected chi connectivity index (χ0v) is 18.9. The minimum Gasteiger partial charge on any atom is -1.00 e. The van der Waals surface area contributed by atoms with Crippen LogP contribution in [0.5, 0.6) is 0 Å². The van der Waals surface area contributed by atoms with Crippen molar-refractivity contribution < 1.29 is 12.4 Å². The second-order valence-electron chi connectivity index (χ2n) is 6.46. The molecule has 142 valence electrons. The van der Waals surface area contributed by atoms with Crippen molar-refractivity contribution in [2.45, 2.75) is 6.16 Å². The SMILES string of the molecule is P.[Cl-].c1ccc(C[P+](c2ccccc2)(c2ccccc2)c2ccccc2)cc1. The Morgan fingerprint density at radius 1 is 0.429 bits per heavy atom. The Labute approximate surface area is 178 Å². The first kappa shape index (κ1) is 22.3. The Morgan fingerprint density at radius 2 is 0.714 bits per heavy atom. The molecule has 4 aromatic carbocycles. The van der Waals surface area contributed by atoms with Crippen molar-refractivity contribution in [1.82, 2.24) is 0 Å². The van der Waals surface area contributed by atoms with Gasteiger partial charge in [-0.05, 0) is 42.0 Å². The van der Waals surface area contributed by atoms with Crippen molar-refractivity contribution in [3.63, 3.8) is 0 Å². The third-order valence-corrected chi connectivity index (χ3v) is 9.23. The third kappa shape index (κ3) is 4.53. The van der Waals surface area contributed by atoms with Gasteiger partial charge < -0.3 is 12.4 Å². The molecule has 0 nitrogen and oxygen atoms in total. The Kier molecular flexibility index (Phi) is 8.40. The molecule has 0 fully saturated rings. The largest absolute Gasteiger partial charge is 1.00 e. The van der Waals surface area contributed by atoms with Crippen molar-refractivity contribution in [3.8, 4) is 0 Å². The average Bonchev–Trinajstić information content (AvgIpc) is 2.75. The second-order valence-corrected chi connectivity index (χ2v) is 9.95. The van der Waals surface area contributed by atoms with Crippen LogP contribution >= 0.6 is 17.2 Å². The first-order valence-corrected chi connectivity index (χ1v) is 11.0. The summed E-state index contributed by atoms with van der Waals surface area (Å²) in [7, 11) is -1.78. The van der Waals surface area contributed by atoms with Crippen LogP contribution in [-0.2, 0) is 6.16 Å². The summed E-state index contributed by atoms with van der Waals surface area (Å²) >= 11 is 0. The molecule has 0 heterocycles. The van der Waals surface area contributed by atoms with Crippen LogP contribution in [0.1, 0.15) is 5.56 Å². The molecule has 1 atom stereocenters. The molecule has 0 N–H and O–H groups in total. The maximum atomic E-state index is 2.30. The van der Waals surface area contributed by atoms with E-state index in [1.165, 1.54) is 21.5 Å². The van der Waals surface area contributed by atoms with Crippen LogP contribution < -0.4 is 28.3 Å². The smallest absolute Gasteiger partial charge is 0.116 e. The van der Waals surface area contributed by atoms with Gasteiger partial charge in [-0.1, -0.05) is 84.9 Å². The fourth-order valence-corrected chi connectivity index (χ4v) is 7.87. The summed E-state index contributed by atoms with van der Waals surface area (Å²) in [5.41, 5.74) is 1.39. The monoisotopic (exact) mass is 422 g/mol. The maximum Gasteiger partial charge on any atom is 0.116 e. The number of hydrogen-bond donors (Lipinski definition) is 0. The molecule has 4 rings (SSSR count). The zero-order valence-electron chi connectivity index (χ0n) is 15.8. The van der Waals surface area contributed by atoms with E-state index in [1.54, 1.807) is 0 Å². The van der Waals surface area contributed by atoms with Crippen LogP contribution in [0.3, 0.4) is 0 Å². The van der Waals surface area contributed by atoms with E-state index in [2.05, 4.69) is 121 Å². The summed E-state index contributed by atoms with van der Waals surface area (Å²) in [4.78, 5) is 0. The third-order valence-electron chi connectivity index (χ3n) is 4.85. The molecule has 1 unspecified atom stereocenters. The summed E-state index contributed by atoms with van der Waals surface area (Å²) in [6.45, 7) is 0. The maximum absolute atomic E-state index is 2.30.